The Morgan fingerprint density at radius 2 is 2.04 bits per heavy atom. The number of thioether (sulfide) groups is 1. The third kappa shape index (κ3) is 4.57. The molecular weight excluding hydrogens is 377 g/mol. The van der Waals surface area contributed by atoms with Crippen LogP contribution in [0.1, 0.15) is 15.9 Å². The maximum Gasteiger partial charge on any atom is 0.258 e. The van der Waals surface area contributed by atoms with E-state index in [0.29, 0.717) is 28.0 Å². The lowest BCUT2D eigenvalue weighted by Crippen LogP contribution is -2.13. The lowest BCUT2D eigenvalue weighted by molar-refractivity contribution is 0.102. The van der Waals surface area contributed by atoms with E-state index in [1.165, 1.54) is 0 Å². The number of hydrogen-bond donors (Lipinski definition) is 1. The van der Waals surface area contributed by atoms with Gasteiger partial charge in [0.2, 0.25) is 0 Å². The molecule has 3 aromatic rings. The van der Waals surface area contributed by atoms with Gasteiger partial charge in [-0.15, -0.1) is 11.8 Å². The molecule has 4 nitrogen and oxygen atoms in total. The number of aromatic nitrogens is 2. The highest BCUT2D eigenvalue weighted by Gasteiger charge is 2.13. The first-order chi connectivity index (χ1) is 12.0. The van der Waals surface area contributed by atoms with E-state index in [4.69, 9.17) is 23.2 Å². The minimum Gasteiger partial charge on any atom is -0.305 e. The molecule has 0 saturated heterocycles. The van der Waals surface area contributed by atoms with Crippen molar-refractivity contribution in [3.63, 3.8) is 0 Å². The zero-order chi connectivity index (χ0) is 17.8. The highest BCUT2D eigenvalue weighted by molar-refractivity contribution is 7.98. The summed E-state index contributed by atoms with van der Waals surface area (Å²) in [7, 11) is 0. The van der Waals surface area contributed by atoms with Crippen LogP contribution >= 0.6 is 35.0 Å². The molecule has 0 aliphatic rings. The zero-order valence-corrected chi connectivity index (χ0v) is 15.7. The summed E-state index contributed by atoms with van der Waals surface area (Å²) in [6.07, 6.45) is 3.75. The van der Waals surface area contributed by atoms with Crippen LogP contribution in [0.25, 0.3) is 0 Å². The van der Waals surface area contributed by atoms with Crippen molar-refractivity contribution in [1.82, 2.24) is 9.78 Å². The largest absolute Gasteiger partial charge is 0.305 e. The van der Waals surface area contributed by atoms with E-state index >= 15 is 0 Å². The van der Waals surface area contributed by atoms with Crippen LogP contribution < -0.4 is 5.32 Å². The number of carbonyl (C=O) groups excluding carboxylic acids is 1. The molecule has 1 aromatic heterocycles. The van der Waals surface area contributed by atoms with Gasteiger partial charge in [0.05, 0.1) is 17.1 Å². The zero-order valence-electron chi connectivity index (χ0n) is 13.4. The molecule has 2 aromatic carbocycles. The summed E-state index contributed by atoms with van der Waals surface area (Å²) in [6, 6.07) is 14.7. The van der Waals surface area contributed by atoms with Crippen molar-refractivity contribution in [2.45, 2.75) is 11.4 Å². The molecule has 0 aliphatic heterocycles. The van der Waals surface area contributed by atoms with Crippen LogP contribution in [0, 0.1) is 0 Å². The summed E-state index contributed by atoms with van der Waals surface area (Å²) in [6.45, 7) is 0.569. The van der Waals surface area contributed by atoms with Crippen molar-refractivity contribution in [1.29, 1.82) is 0 Å². The summed E-state index contributed by atoms with van der Waals surface area (Å²) in [5.74, 6) is 0.187. The number of anilines is 1. The highest BCUT2D eigenvalue weighted by Crippen LogP contribution is 2.23. The number of rotatable bonds is 5. The smallest absolute Gasteiger partial charge is 0.258 e. The molecule has 0 bridgehead atoms. The molecule has 0 fully saturated rings. The van der Waals surface area contributed by atoms with Gasteiger partial charge in [-0.2, -0.15) is 5.10 Å². The third-order valence-electron chi connectivity index (χ3n) is 3.53. The van der Waals surface area contributed by atoms with Crippen LogP contribution in [0.2, 0.25) is 10.0 Å². The van der Waals surface area contributed by atoms with Crippen LogP contribution in [0.3, 0.4) is 0 Å². The number of nitrogens with one attached hydrogen (secondary N) is 1. The van der Waals surface area contributed by atoms with Crippen molar-refractivity contribution >= 4 is 46.7 Å². The molecule has 1 N–H and O–H groups in total. The predicted octanol–water partition coefficient (Wildman–Crippen LogP) is 5.21. The van der Waals surface area contributed by atoms with Crippen molar-refractivity contribution in [2.24, 2.45) is 0 Å². The molecule has 1 heterocycles. The van der Waals surface area contributed by atoms with E-state index in [-0.39, 0.29) is 5.91 Å². The standard InChI is InChI=1S/C18H15Cl2N3OS/c1-25-14-5-6-16(20)15(10-14)18(24)21-17-7-8-23(22-17)11-12-3-2-4-13(19)9-12/h2-10H,11H2,1H3,(H,21,22,24). The molecule has 0 saturated carbocycles. The second kappa shape index (κ2) is 7.95. The van der Waals surface area contributed by atoms with Crippen molar-refractivity contribution in [3.8, 4) is 0 Å². The van der Waals surface area contributed by atoms with Crippen LogP contribution in [-0.4, -0.2) is 21.9 Å². The Bertz CT molecular complexity index is 911. The Hall–Kier alpha value is -1.95. The average Bonchev–Trinajstić information content (AvgIpc) is 3.02. The van der Waals surface area contributed by atoms with Gasteiger partial charge in [0.1, 0.15) is 0 Å². The number of amides is 1. The minimum absolute atomic E-state index is 0.283. The molecular formula is C18H15Cl2N3OS. The number of benzene rings is 2. The summed E-state index contributed by atoms with van der Waals surface area (Å²) in [5, 5.41) is 8.24. The van der Waals surface area contributed by atoms with Crippen molar-refractivity contribution < 1.29 is 4.79 Å². The van der Waals surface area contributed by atoms with E-state index in [2.05, 4.69) is 10.4 Å². The molecule has 0 spiro atoms. The molecule has 3 rings (SSSR count). The van der Waals surface area contributed by atoms with Crippen LogP contribution in [-0.2, 0) is 6.54 Å². The first-order valence-electron chi connectivity index (χ1n) is 7.48. The SMILES string of the molecule is CSc1ccc(Cl)c(C(=O)Nc2ccn(Cc3cccc(Cl)c3)n2)c1. The van der Waals surface area contributed by atoms with E-state index in [0.717, 1.165) is 10.5 Å². The molecule has 0 aliphatic carbocycles. The van der Waals surface area contributed by atoms with Crippen LogP contribution in [0.4, 0.5) is 5.82 Å². The maximum atomic E-state index is 12.4. The predicted molar refractivity (Wildman–Crippen MR) is 104 cm³/mol. The number of halogens is 2. The molecule has 25 heavy (non-hydrogen) atoms. The van der Waals surface area contributed by atoms with Crippen molar-refractivity contribution in [2.75, 3.05) is 11.6 Å². The van der Waals surface area contributed by atoms with Crippen molar-refractivity contribution in [3.05, 3.63) is 75.9 Å². The van der Waals surface area contributed by atoms with Gasteiger partial charge in [-0.25, -0.2) is 0 Å². The van der Waals surface area contributed by atoms with Gasteiger partial charge < -0.3 is 5.32 Å². The summed E-state index contributed by atoms with van der Waals surface area (Å²) >= 11 is 13.7. The third-order valence-corrected chi connectivity index (χ3v) is 4.82. The Morgan fingerprint density at radius 1 is 1.20 bits per heavy atom. The molecule has 128 valence electrons. The Labute approximate surface area is 160 Å². The topological polar surface area (TPSA) is 46.9 Å². The Balaban J connectivity index is 1.72. The fourth-order valence-electron chi connectivity index (χ4n) is 2.33. The molecule has 7 heteroatoms. The first-order valence-corrected chi connectivity index (χ1v) is 9.46. The van der Waals surface area contributed by atoms with Crippen LogP contribution in [0.15, 0.2) is 59.6 Å². The minimum atomic E-state index is -0.283. The monoisotopic (exact) mass is 391 g/mol. The Kier molecular flexibility index (Phi) is 5.68. The summed E-state index contributed by atoms with van der Waals surface area (Å²) < 4.78 is 1.74. The van der Waals surface area contributed by atoms with E-state index in [1.54, 1.807) is 40.8 Å². The number of carbonyl (C=O) groups is 1. The maximum absolute atomic E-state index is 12.4. The number of nitrogens with zero attached hydrogens (tertiary/aromatic N) is 2. The Morgan fingerprint density at radius 3 is 2.80 bits per heavy atom. The average molecular weight is 392 g/mol. The summed E-state index contributed by atoms with van der Waals surface area (Å²) in [5.41, 5.74) is 1.46. The summed E-state index contributed by atoms with van der Waals surface area (Å²) in [4.78, 5) is 13.4. The fraction of sp³-hybridized carbons (Fsp3) is 0.111. The second-order valence-electron chi connectivity index (χ2n) is 5.33. The normalized spacial score (nSPS) is 10.7. The van der Waals surface area contributed by atoms with E-state index < -0.39 is 0 Å². The molecule has 1 amide bonds. The number of hydrogen-bond acceptors (Lipinski definition) is 3. The second-order valence-corrected chi connectivity index (χ2v) is 7.05. The van der Waals surface area contributed by atoms with E-state index in [9.17, 15) is 4.79 Å². The highest BCUT2D eigenvalue weighted by atomic mass is 35.5. The van der Waals surface area contributed by atoms with Gasteiger partial charge >= 0.3 is 0 Å². The molecule has 0 radical (unpaired) electrons. The lowest BCUT2D eigenvalue weighted by Gasteiger charge is -2.06. The van der Waals surface area contributed by atoms with Gasteiger partial charge in [-0.05, 0) is 42.2 Å². The van der Waals surface area contributed by atoms with Gasteiger partial charge in [0.15, 0.2) is 5.82 Å². The molecule has 0 atom stereocenters. The van der Waals surface area contributed by atoms with Gasteiger partial charge in [0.25, 0.3) is 5.91 Å². The quantitative estimate of drug-likeness (QED) is 0.606. The van der Waals surface area contributed by atoms with Gasteiger partial charge in [-0.3, -0.25) is 9.48 Å². The van der Waals surface area contributed by atoms with Gasteiger partial charge in [-0.1, -0.05) is 35.3 Å². The lowest BCUT2D eigenvalue weighted by atomic mass is 10.2. The first kappa shape index (κ1) is 17.9. The van der Waals surface area contributed by atoms with Crippen LogP contribution in [0.5, 0.6) is 0 Å². The van der Waals surface area contributed by atoms with Gasteiger partial charge in [0, 0.05) is 22.2 Å². The fourth-order valence-corrected chi connectivity index (χ4v) is 3.18. The van der Waals surface area contributed by atoms with E-state index in [1.807, 2.05) is 36.6 Å². The molecule has 0 unspecified atom stereocenters.